The van der Waals surface area contributed by atoms with Crippen molar-refractivity contribution in [1.29, 1.82) is 0 Å². The summed E-state index contributed by atoms with van der Waals surface area (Å²) in [4.78, 5) is 0. The van der Waals surface area contributed by atoms with Crippen molar-refractivity contribution in [3.05, 3.63) is 47.8 Å². The standard InChI is InChI=1S/C13H15N3/c1-2-6-12-10(4-1)5-3-7-13(12)16-11-8-14-15-9-11/h1-2,4,6,8-9,13,16H,3,5,7H2,(H,14,15). The molecule has 1 aromatic heterocycles. The number of rotatable bonds is 2. The number of H-pyrrole nitrogens is 1. The first-order valence-corrected chi connectivity index (χ1v) is 5.76. The first kappa shape index (κ1) is 9.46. The molecule has 1 aromatic carbocycles. The molecule has 2 N–H and O–H groups in total. The van der Waals surface area contributed by atoms with Crippen molar-refractivity contribution in [3.8, 4) is 0 Å². The van der Waals surface area contributed by atoms with Gasteiger partial charge in [0, 0.05) is 6.20 Å². The van der Waals surface area contributed by atoms with Gasteiger partial charge in [0.1, 0.15) is 0 Å². The van der Waals surface area contributed by atoms with Gasteiger partial charge in [-0.1, -0.05) is 24.3 Å². The molecule has 3 nitrogen and oxygen atoms in total. The zero-order chi connectivity index (χ0) is 10.8. The summed E-state index contributed by atoms with van der Waals surface area (Å²) in [7, 11) is 0. The van der Waals surface area contributed by atoms with E-state index in [0.29, 0.717) is 6.04 Å². The highest BCUT2D eigenvalue weighted by atomic mass is 15.1. The molecule has 0 aliphatic heterocycles. The van der Waals surface area contributed by atoms with Crippen molar-refractivity contribution >= 4 is 5.69 Å². The van der Waals surface area contributed by atoms with Gasteiger partial charge in [-0.15, -0.1) is 0 Å². The van der Waals surface area contributed by atoms with E-state index in [1.807, 2.05) is 12.4 Å². The molecule has 1 atom stereocenters. The van der Waals surface area contributed by atoms with Crippen LogP contribution in [0.1, 0.15) is 30.0 Å². The van der Waals surface area contributed by atoms with Crippen molar-refractivity contribution in [1.82, 2.24) is 10.2 Å². The number of aryl methyl sites for hydroxylation is 1. The first-order chi connectivity index (χ1) is 7.93. The maximum atomic E-state index is 3.96. The van der Waals surface area contributed by atoms with E-state index in [2.05, 4.69) is 39.8 Å². The second-order valence-electron chi connectivity index (χ2n) is 4.27. The van der Waals surface area contributed by atoms with Gasteiger partial charge in [0.15, 0.2) is 0 Å². The summed E-state index contributed by atoms with van der Waals surface area (Å²) in [6.07, 6.45) is 7.39. The molecule has 16 heavy (non-hydrogen) atoms. The van der Waals surface area contributed by atoms with E-state index >= 15 is 0 Å². The number of fused-ring (bicyclic) bond motifs is 1. The van der Waals surface area contributed by atoms with Gasteiger partial charge in [-0.3, -0.25) is 5.10 Å². The molecule has 82 valence electrons. The topological polar surface area (TPSA) is 40.7 Å². The maximum absolute atomic E-state index is 3.96. The van der Waals surface area contributed by atoms with Crippen LogP contribution in [0.15, 0.2) is 36.7 Å². The molecule has 1 unspecified atom stereocenters. The van der Waals surface area contributed by atoms with Gasteiger partial charge in [-0.05, 0) is 30.4 Å². The van der Waals surface area contributed by atoms with Crippen molar-refractivity contribution in [3.63, 3.8) is 0 Å². The molecule has 2 aromatic rings. The van der Waals surface area contributed by atoms with Gasteiger partial charge in [0.05, 0.1) is 17.9 Å². The van der Waals surface area contributed by atoms with E-state index < -0.39 is 0 Å². The number of hydrogen-bond donors (Lipinski definition) is 2. The number of aromatic amines is 1. The molecule has 0 spiro atoms. The van der Waals surface area contributed by atoms with Crippen molar-refractivity contribution in [2.75, 3.05) is 5.32 Å². The van der Waals surface area contributed by atoms with E-state index in [1.54, 1.807) is 0 Å². The minimum atomic E-state index is 0.433. The van der Waals surface area contributed by atoms with Gasteiger partial charge in [-0.25, -0.2) is 0 Å². The van der Waals surface area contributed by atoms with Crippen LogP contribution >= 0.6 is 0 Å². The summed E-state index contributed by atoms with van der Waals surface area (Å²) < 4.78 is 0. The molecular formula is C13H15N3. The summed E-state index contributed by atoms with van der Waals surface area (Å²) in [6, 6.07) is 9.14. The Hall–Kier alpha value is -1.77. The minimum absolute atomic E-state index is 0.433. The highest BCUT2D eigenvalue weighted by Crippen LogP contribution is 2.31. The predicted octanol–water partition coefficient (Wildman–Crippen LogP) is 2.90. The fraction of sp³-hybridized carbons (Fsp3) is 0.308. The summed E-state index contributed by atoms with van der Waals surface area (Å²) in [5, 5.41) is 10.3. The number of benzene rings is 1. The SMILES string of the molecule is c1ccc2c(c1)CCCC2Nc1cn[nH]c1. The van der Waals surface area contributed by atoms with Crippen LogP contribution in [0.2, 0.25) is 0 Å². The zero-order valence-corrected chi connectivity index (χ0v) is 9.11. The third kappa shape index (κ3) is 1.69. The van der Waals surface area contributed by atoms with E-state index in [-0.39, 0.29) is 0 Å². The Morgan fingerprint density at radius 2 is 2.25 bits per heavy atom. The Morgan fingerprint density at radius 3 is 3.12 bits per heavy atom. The molecule has 3 rings (SSSR count). The quantitative estimate of drug-likeness (QED) is 0.805. The van der Waals surface area contributed by atoms with Crippen LogP contribution in [-0.4, -0.2) is 10.2 Å². The van der Waals surface area contributed by atoms with E-state index in [0.717, 1.165) is 5.69 Å². The molecule has 1 aliphatic rings. The normalized spacial score (nSPS) is 19.1. The Kier molecular flexibility index (Phi) is 2.37. The average Bonchev–Trinajstić information content (AvgIpc) is 2.82. The molecule has 3 heteroatoms. The molecule has 0 fully saturated rings. The fourth-order valence-corrected chi connectivity index (χ4v) is 2.43. The Bertz CT molecular complexity index is 462. The smallest absolute Gasteiger partial charge is 0.0728 e. The van der Waals surface area contributed by atoms with E-state index in [1.165, 1.54) is 30.4 Å². The molecule has 0 saturated heterocycles. The van der Waals surface area contributed by atoms with Crippen molar-refractivity contribution < 1.29 is 0 Å². The molecule has 0 radical (unpaired) electrons. The number of anilines is 1. The van der Waals surface area contributed by atoms with Crippen LogP contribution in [0.3, 0.4) is 0 Å². The Labute approximate surface area is 94.9 Å². The number of aromatic nitrogens is 2. The number of nitrogens with one attached hydrogen (secondary N) is 2. The highest BCUT2D eigenvalue weighted by molar-refractivity contribution is 5.44. The monoisotopic (exact) mass is 213 g/mol. The third-order valence-corrected chi connectivity index (χ3v) is 3.21. The third-order valence-electron chi connectivity index (χ3n) is 3.21. The summed E-state index contributed by atoms with van der Waals surface area (Å²) >= 11 is 0. The van der Waals surface area contributed by atoms with Crippen LogP contribution in [0.25, 0.3) is 0 Å². The zero-order valence-electron chi connectivity index (χ0n) is 9.11. The second-order valence-corrected chi connectivity index (χ2v) is 4.27. The van der Waals surface area contributed by atoms with Crippen LogP contribution in [-0.2, 0) is 6.42 Å². The molecular weight excluding hydrogens is 198 g/mol. The van der Waals surface area contributed by atoms with E-state index in [9.17, 15) is 0 Å². The van der Waals surface area contributed by atoms with Gasteiger partial charge < -0.3 is 5.32 Å². The predicted molar refractivity (Wildman–Crippen MR) is 64.3 cm³/mol. The summed E-state index contributed by atoms with van der Waals surface area (Å²) in [5.74, 6) is 0. The molecule has 0 saturated carbocycles. The van der Waals surface area contributed by atoms with Gasteiger partial charge in [0.2, 0.25) is 0 Å². The van der Waals surface area contributed by atoms with Crippen LogP contribution in [0, 0.1) is 0 Å². The van der Waals surface area contributed by atoms with Crippen molar-refractivity contribution in [2.45, 2.75) is 25.3 Å². The lowest BCUT2D eigenvalue weighted by molar-refractivity contribution is 0.600. The lowest BCUT2D eigenvalue weighted by Gasteiger charge is -2.26. The number of nitrogens with zero attached hydrogens (tertiary/aromatic N) is 1. The van der Waals surface area contributed by atoms with Gasteiger partial charge >= 0.3 is 0 Å². The van der Waals surface area contributed by atoms with Crippen LogP contribution < -0.4 is 5.32 Å². The van der Waals surface area contributed by atoms with Crippen LogP contribution in [0.5, 0.6) is 0 Å². The first-order valence-electron chi connectivity index (χ1n) is 5.76. The minimum Gasteiger partial charge on any atom is -0.376 e. The summed E-state index contributed by atoms with van der Waals surface area (Å²) in [6.45, 7) is 0. The molecule has 1 heterocycles. The lowest BCUT2D eigenvalue weighted by atomic mass is 9.88. The van der Waals surface area contributed by atoms with Crippen molar-refractivity contribution in [2.24, 2.45) is 0 Å². The van der Waals surface area contributed by atoms with Gasteiger partial charge in [0.25, 0.3) is 0 Å². The second kappa shape index (κ2) is 4.00. The highest BCUT2D eigenvalue weighted by Gasteiger charge is 2.19. The average molecular weight is 213 g/mol. The number of hydrogen-bond acceptors (Lipinski definition) is 2. The Balaban J connectivity index is 1.87. The largest absolute Gasteiger partial charge is 0.376 e. The summed E-state index contributed by atoms with van der Waals surface area (Å²) in [5.41, 5.74) is 3.99. The Morgan fingerprint density at radius 1 is 1.31 bits per heavy atom. The molecule has 1 aliphatic carbocycles. The van der Waals surface area contributed by atoms with Gasteiger partial charge in [-0.2, -0.15) is 5.10 Å². The van der Waals surface area contributed by atoms with E-state index in [4.69, 9.17) is 0 Å². The maximum Gasteiger partial charge on any atom is 0.0728 e. The fourth-order valence-electron chi connectivity index (χ4n) is 2.43. The molecule has 0 amide bonds. The lowest BCUT2D eigenvalue weighted by Crippen LogP contribution is -2.16. The van der Waals surface area contributed by atoms with Crippen LogP contribution in [0.4, 0.5) is 5.69 Å². The molecule has 0 bridgehead atoms.